The van der Waals surface area contributed by atoms with E-state index < -0.39 is 7.42 Å². The maximum atomic E-state index is 11.5. The van der Waals surface area contributed by atoms with Crippen LogP contribution in [0.1, 0.15) is 0 Å². The molecule has 1 saturated heterocycles. The van der Waals surface area contributed by atoms with Crippen LogP contribution in [0.25, 0.3) is 11.3 Å². The first-order chi connectivity index (χ1) is 13.6. The van der Waals surface area contributed by atoms with E-state index in [1.54, 1.807) is 18.3 Å². The number of nitrogens with one attached hydrogen (secondary N) is 1. The van der Waals surface area contributed by atoms with Gasteiger partial charge in [0.1, 0.15) is 13.2 Å². The van der Waals surface area contributed by atoms with Crippen LogP contribution in [-0.2, 0) is 16.3 Å². The highest BCUT2D eigenvalue weighted by Crippen LogP contribution is 2.30. The minimum Gasteiger partial charge on any atom is -0.378 e. The molecule has 1 atom stereocenters. The normalized spacial score (nSPS) is 14.8. The number of hydrogen-bond acceptors (Lipinski definition) is 7. The Labute approximate surface area is 163 Å². The van der Waals surface area contributed by atoms with Crippen molar-refractivity contribution in [1.82, 2.24) is 19.7 Å². The first-order valence-electron chi connectivity index (χ1n) is 8.95. The van der Waals surface area contributed by atoms with Gasteiger partial charge in [-0.15, -0.1) is 0 Å². The second-order valence-electron chi connectivity index (χ2n) is 6.42. The van der Waals surface area contributed by atoms with Crippen molar-refractivity contribution < 1.29 is 9.30 Å². The number of anilines is 3. The number of benzene rings is 1. The predicted molar refractivity (Wildman–Crippen MR) is 111 cm³/mol. The Kier molecular flexibility index (Phi) is 5.23. The minimum absolute atomic E-state index is 0.487. The molecule has 0 aliphatic carbocycles. The van der Waals surface area contributed by atoms with Gasteiger partial charge in [0.15, 0.2) is 0 Å². The summed E-state index contributed by atoms with van der Waals surface area (Å²) in [5.74, 6) is 1.51. The summed E-state index contributed by atoms with van der Waals surface area (Å²) in [5.41, 5.74) is 2.57. The van der Waals surface area contributed by atoms with Gasteiger partial charge < -0.3 is 15.0 Å². The molecule has 1 aromatic carbocycles. The van der Waals surface area contributed by atoms with Crippen LogP contribution in [0.15, 0.2) is 42.7 Å². The average molecular weight is 396 g/mol. The van der Waals surface area contributed by atoms with Gasteiger partial charge in [-0.2, -0.15) is 5.10 Å². The smallest absolute Gasteiger partial charge is 0.227 e. The summed E-state index contributed by atoms with van der Waals surface area (Å²) in [7, 11) is 0.342. The Morgan fingerprint density at radius 2 is 1.93 bits per heavy atom. The van der Waals surface area contributed by atoms with Crippen LogP contribution in [0.2, 0.25) is 0 Å². The van der Waals surface area contributed by atoms with Gasteiger partial charge in [0.05, 0.1) is 30.7 Å². The van der Waals surface area contributed by atoms with E-state index in [1.165, 1.54) is 0 Å². The minimum atomic E-state index is -1.59. The molecular weight excluding hydrogens is 375 g/mol. The highest BCUT2D eigenvalue weighted by molar-refractivity contribution is 7.51. The molecular formula is C19H21N6O2P. The van der Waals surface area contributed by atoms with Crippen LogP contribution < -0.4 is 15.5 Å². The summed E-state index contributed by atoms with van der Waals surface area (Å²) in [5, 5.41) is 8.32. The zero-order valence-electron chi connectivity index (χ0n) is 15.6. The Balaban J connectivity index is 1.61. The number of hydrogen-bond donors (Lipinski definition) is 1. The summed E-state index contributed by atoms with van der Waals surface area (Å²) >= 11 is 0. The second-order valence-corrected chi connectivity index (χ2v) is 7.69. The van der Waals surface area contributed by atoms with E-state index in [9.17, 15) is 4.57 Å². The van der Waals surface area contributed by atoms with E-state index in [4.69, 9.17) is 4.74 Å². The average Bonchev–Trinajstić information content (AvgIpc) is 3.11. The van der Waals surface area contributed by atoms with E-state index in [2.05, 4.69) is 31.6 Å². The molecule has 2 aromatic heterocycles. The lowest BCUT2D eigenvalue weighted by molar-refractivity contribution is 0.122. The molecule has 1 aliphatic heterocycles. The topological polar surface area (TPSA) is 85.2 Å². The highest BCUT2D eigenvalue weighted by Gasteiger charge is 2.20. The number of morpholine rings is 1. The monoisotopic (exact) mass is 396 g/mol. The summed E-state index contributed by atoms with van der Waals surface area (Å²) in [6.07, 6.45) is 7.11. The molecule has 28 heavy (non-hydrogen) atoms. The standard InChI is InChI=1S/C19H21N6O2P/c1-24-18(25-9-11-27-12-10-25)16(13-21-24)17-7-8-20-19(23-17)22-14-3-5-15(6-4-14)28(2)26/h3-8,13H,2,9-12H2,1H3,(H,20,22,23). The van der Waals surface area contributed by atoms with Crippen molar-refractivity contribution in [3.63, 3.8) is 0 Å². The summed E-state index contributed by atoms with van der Waals surface area (Å²) in [4.78, 5) is 11.2. The van der Waals surface area contributed by atoms with Crippen molar-refractivity contribution in [3.05, 3.63) is 42.7 Å². The summed E-state index contributed by atoms with van der Waals surface area (Å²) < 4.78 is 18.8. The SMILES string of the molecule is C=P(=O)c1ccc(Nc2nccc(-c3cnn(C)c3N3CCOCC3)n2)cc1. The van der Waals surface area contributed by atoms with Crippen LogP contribution in [0.4, 0.5) is 17.5 Å². The van der Waals surface area contributed by atoms with Crippen LogP contribution in [0, 0.1) is 0 Å². The number of aryl methyl sites for hydroxylation is 1. The number of nitrogens with zero attached hydrogens (tertiary/aromatic N) is 5. The molecule has 1 N–H and O–H groups in total. The Hall–Kier alpha value is -2.96. The van der Waals surface area contributed by atoms with Crippen molar-refractivity contribution >= 4 is 36.5 Å². The quantitative estimate of drug-likeness (QED) is 0.663. The van der Waals surface area contributed by atoms with Crippen LogP contribution in [-0.4, -0.2) is 52.4 Å². The van der Waals surface area contributed by atoms with Gasteiger partial charge in [-0.25, -0.2) is 9.97 Å². The molecule has 0 saturated carbocycles. The number of rotatable bonds is 5. The lowest BCUT2D eigenvalue weighted by Gasteiger charge is -2.29. The fourth-order valence-electron chi connectivity index (χ4n) is 3.17. The maximum Gasteiger partial charge on any atom is 0.227 e. The molecule has 0 spiro atoms. The third-order valence-corrected chi connectivity index (χ3v) is 5.44. The second kappa shape index (κ2) is 7.96. The third kappa shape index (κ3) is 3.83. The van der Waals surface area contributed by atoms with Crippen molar-refractivity contribution in [1.29, 1.82) is 0 Å². The molecule has 0 amide bonds. The number of ether oxygens (including phenoxy) is 1. The molecule has 1 fully saturated rings. The van der Waals surface area contributed by atoms with Crippen LogP contribution in [0.3, 0.4) is 0 Å². The fraction of sp³-hybridized carbons (Fsp3) is 0.263. The Morgan fingerprint density at radius 1 is 1.18 bits per heavy atom. The molecule has 0 bridgehead atoms. The van der Waals surface area contributed by atoms with E-state index >= 15 is 0 Å². The number of aromatic nitrogens is 4. The van der Waals surface area contributed by atoms with Gasteiger partial charge in [0, 0.05) is 37.3 Å². The largest absolute Gasteiger partial charge is 0.378 e. The van der Waals surface area contributed by atoms with Crippen LogP contribution >= 0.6 is 7.42 Å². The van der Waals surface area contributed by atoms with Crippen molar-refractivity contribution in [2.75, 3.05) is 36.5 Å². The van der Waals surface area contributed by atoms with Gasteiger partial charge >= 0.3 is 0 Å². The molecule has 1 aliphatic rings. The van der Waals surface area contributed by atoms with Gasteiger partial charge in [-0.3, -0.25) is 9.25 Å². The molecule has 3 heterocycles. The first-order valence-corrected chi connectivity index (χ1v) is 10.4. The lowest BCUT2D eigenvalue weighted by atomic mass is 10.2. The van der Waals surface area contributed by atoms with Gasteiger partial charge in [-0.1, -0.05) is 0 Å². The lowest BCUT2D eigenvalue weighted by Crippen LogP contribution is -2.37. The summed E-state index contributed by atoms with van der Waals surface area (Å²) in [6.45, 7) is 3.05. The summed E-state index contributed by atoms with van der Waals surface area (Å²) in [6, 6.07) is 9.13. The zero-order chi connectivity index (χ0) is 19.5. The third-order valence-electron chi connectivity index (χ3n) is 4.56. The van der Waals surface area contributed by atoms with E-state index in [0.29, 0.717) is 24.5 Å². The van der Waals surface area contributed by atoms with Crippen molar-refractivity contribution in [3.8, 4) is 11.3 Å². The molecule has 8 nitrogen and oxygen atoms in total. The first kappa shape index (κ1) is 18.4. The van der Waals surface area contributed by atoms with E-state index in [1.807, 2.05) is 36.1 Å². The molecule has 1 unspecified atom stereocenters. The maximum absolute atomic E-state index is 11.5. The Bertz CT molecular complexity index is 1030. The van der Waals surface area contributed by atoms with Crippen molar-refractivity contribution in [2.24, 2.45) is 7.05 Å². The van der Waals surface area contributed by atoms with Gasteiger partial charge in [0.2, 0.25) is 5.95 Å². The zero-order valence-corrected chi connectivity index (χ0v) is 16.5. The van der Waals surface area contributed by atoms with Gasteiger partial charge in [0.25, 0.3) is 0 Å². The molecule has 3 aromatic rings. The van der Waals surface area contributed by atoms with Gasteiger partial charge in [-0.05, 0) is 36.6 Å². The molecule has 144 valence electrons. The molecule has 4 rings (SSSR count). The fourth-order valence-corrected chi connectivity index (χ4v) is 3.65. The molecule has 0 radical (unpaired) electrons. The highest BCUT2D eigenvalue weighted by atomic mass is 31.1. The van der Waals surface area contributed by atoms with Crippen LogP contribution in [0.5, 0.6) is 0 Å². The predicted octanol–water partition coefficient (Wildman–Crippen LogP) is 2.34. The Morgan fingerprint density at radius 3 is 2.64 bits per heavy atom. The molecule has 9 heteroatoms. The van der Waals surface area contributed by atoms with E-state index in [0.717, 1.165) is 35.9 Å². The van der Waals surface area contributed by atoms with Crippen molar-refractivity contribution in [2.45, 2.75) is 0 Å². The van der Waals surface area contributed by atoms with E-state index in [-0.39, 0.29) is 0 Å².